The minimum absolute atomic E-state index is 0.0503. The molecule has 4 heteroatoms. The molecule has 0 amide bonds. The minimum atomic E-state index is -0.531. The van der Waals surface area contributed by atoms with Crippen LogP contribution in [0.3, 0.4) is 0 Å². The molecule has 100 valence electrons. The van der Waals surface area contributed by atoms with E-state index in [0.717, 1.165) is 31.9 Å². The molecule has 1 aromatic rings. The van der Waals surface area contributed by atoms with Gasteiger partial charge in [0.1, 0.15) is 11.6 Å². The molecular weight excluding hydrogens is 302 g/mol. The van der Waals surface area contributed by atoms with Crippen molar-refractivity contribution in [3.8, 4) is 0 Å². The second-order valence-electron chi connectivity index (χ2n) is 4.78. The molecule has 1 nitrogen and oxygen atoms in total. The Morgan fingerprint density at radius 2 is 2.11 bits per heavy atom. The number of benzene rings is 1. The highest BCUT2D eigenvalue weighted by atomic mass is 79.9. The average Bonchev–Trinajstić information content (AvgIpc) is 2.26. The van der Waals surface area contributed by atoms with E-state index >= 15 is 0 Å². The molecular formula is C14H17BrF2O. The molecule has 0 heterocycles. The summed E-state index contributed by atoms with van der Waals surface area (Å²) in [4.78, 5) is -0.0503. The first-order chi connectivity index (χ1) is 8.60. The summed E-state index contributed by atoms with van der Waals surface area (Å²) >= 11 is 3.49. The molecule has 1 aliphatic carbocycles. The standard InChI is InChI=1S/C14H17BrF2O/c1-2-18-11-5-9(6-11)7-13(15)12-4-3-10(16)8-14(12)17/h3-4,8-9,11,13H,2,5-7H2,1H3. The number of ether oxygens (including phenoxy) is 1. The summed E-state index contributed by atoms with van der Waals surface area (Å²) in [6, 6.07) is 3.76. The molecule has 0 radical (unpaired) electrons. The average molecular weight is 319 g/mol. The van der Waals surface area contributed by atoms with Crippen molar-refractivity contribution in [3.05, 3.63) is 35.4 Å². The first-order valence-electron chi connectivity index (χ1n) is 6.30. The third-order valence-electron chi connectivity index (χ3n) is 3.44. The SMILES string of the molecule is CCOC1CC(CC(Br)c2ccc(F)cc2F)C1. The fraction of sp³-hybridized carbons (Fsp3) is 0.571. The first-order valence-corrected chi connectivity index (χ1v) is 7.22. The predicted octanol–water partition coefficient (Wildman–Crippen LogP) is 4.61. The van der Waals surface area contributed by atoms with Gasteiger partial charge in [0.05, 0.1) is 6.10 Å². The van der Waals surface area contributed by atoms with Crippen molar-refractivity contribution in [1.82, 2.24) is 0 Å². The van der Waals surface area contributed by atoms with Crippen LogP contribution in [0.4, 0.5) is 8.78 Å². The molecule has 0 aromatic heterocycles. The normalized spacial score (nSPS) is 24.7. The maximum Gasteiger partial charge on any atom is 0.130 e. The fourth-order valence-corrected chi connectivity index (χ4v) is 3.31. The second kappa shape index (κ2) is 6.11. The van der Waals surface area contributed by atoms with Gasteiger partial charge in [-0.15, -0.1) is 0 Å². The van der Waals surface area contributed by atoms with Crippen LogP contribution in [0.15, 0.2) is 18.2 Å². The lowest BCUT2D eigenvalue weighted by Crippen LogP contribution is -2.31. The Hall–Kier alpha value is -0.480. The van der Waals surface area contributed by atoms with E-state index in [1.165, 1.54) is 12.1 Å². The Morgan fingerprint density at radius 1 is 1.39 bits per heavy atom. The van der Waals surface area contributed by atoms with Gasteiger partial charge in [-0.05, 0) is 38.2 Å². The van der Waals surface area contributed by atoms with Gasteiger partial charge in [-0.25, -0.2) is 8.78 Å². The molecule has 2 rings (SSSR count). The van der Waals surface area contributed by atoms with Gasteiger partial charge in [0.2, 0.25) is 0 Å². The van der Waals surface area contributed by atoms with E-state index in [0.29, 0.717) is 17.6 Å². The summed E-state index contributed by atoms with van der Waals surface area (Å²) in [6.45, 7) is 2.75. The van der Waals surface area contributed by atoms with Gasteiger partial charge in [-0.3, -0.25) is 0 Å². The maximum absolute atomic E-state index is 13.6. The molecule has 0 aliphatic heterocycles. The molecule has 18 heavy (non-hydrogen) atoms. The van der Waals surface area contributed by atoms with Crippen LogP contribution in [0.25, 0.3) is 0 Å². The summed E-state index contributed by atoms with van der Waals surface area (Å²) in [5.41, 5.74) is 0.538. The number of halogens is 3. The van der Waals surface area contributed by atoms with E-state index in [2.05, 4.69) is 15.9 Å². The molecule has 0 saturated heterocycles. The molecule has 0 spiro atoms. The van der Waals surface area contributed by atoms with Gasteiger partial charge in [0, 0.05) is 23.1 Å². The maximum atomic E-state index is 13.6. The smallest absolute Gasteiger partial charge is 0.130 e. The zero-order valence-electron chi connectivity index (χ0n) is 10.3. The van der Waals surface area contributed by atoms with Gasteiger partial charge in [-0.2, -0.15) is 0 Å². The van der Waals surface area contributed by atoms with Crippen molar-refractivity contribution in [3.63, 3.8) is 0 Å². The van der Waals surface area contributed by atoms with E-state index in [9.17, 15) is 8.78 Å². The molecule has 1 aromatic carbocycles. The first kappa shape index (κ1) is 13.9. The number of alkyl halides is 1. The van der Waals surface area contributed by atoms with Gasteiger partial charge >= 0.3 is 0 Å². The van der Waals surface area contributed by atoms with Crippen LogP contribution >= 0.6 is 15.9 Å². The number of rotatable bonds is 5. The molecule has 1 unspecified atom stereocenters. The van der Waals surface area contributed by atoms with Crippen molar-refractivity contribution in [2.75, 3.05) is 6.61 Å². The van der Waals surface area contributed by atoms with Crippen LogP contribution in [0, 0.1) is 17.6 Å². The third-order valence-corrected chi connectivity index (χ3v) is 4.30. The molecule has 1 aliphatic rings. The largest absolute Gasteiger partial charge is 0.378 e. The highest BCUT2D eigenvalue weighted by molar-refractivity contribution is 9.09. The van der Waals surface area contributed by atoms with Crippen LogP contribution in [0.1, 0.15) is 36.6 Å². The lowest BCUT2D eigenvalue weighted by atomic mass is 9.78. The van der Waals surface area contributed by atoms with Crippen molar-refractivity contribution < 1.29 is 13.5 Å². The Labute approximate surface area is 115 Å². The highest BCUT2D eigenvalue weighted by Gasteiger charge is 2.31. The van der Waals surface area contributed by atoms with Crippen molar-refractivity contribution >= 4 is 15.9 Å². The van der Waals surface area contributed by atoms with E-state index in [1.807, 2.05) is 6.92 Å². The van der Waals surface area contributed by atoms with Crippen LogP contribution in [-0.4, -0.2) is 12.7 Å². The minimum Gasteiger partial charge on any atom is -0.378 e. The molecule has 0 bridgehead atoms. The Morgan fingerprint density at radius 3 is 2.72 bits per heavy atom. The van der Waals surface area contributed by atoms with Crippen molar-refractivity contribution in [2.45, 2.75) is 37.1 Å². The Kier molecular flexibility index (Phi) is 4.73. The topological polar surface area (TPSA) is 9.23 Å². The lowest BCUT2D eigenvalue weighted by molar-refractivity contribution is -0.0265. The van der Waals surface area contributed by atoms with E-state index < -0.39 is 11.6 Å². The van der Waals surface area contributed by atoms with E-state index in [1.54, 1.807) is 0 Å². The molecule has 1 fully saturated rings. The van der Waals surface area contributed by atoms with Crippen LogP contribution in [0.5, 0.6) is 0 Å². The monoisotopic (exact) mass is 318 g/mol. The third kappa shape index (κ3) is 3.29. The van der Waals surface area contributed by atoms with Crippen LogP contribution < -0.4 is 0 Å². The zero-order valence-corrected chi connectivity index (χ0v) is 11.9. The van der Waals surface area contributed by atoms with Gasteiger partial charge in [0.15, 0.2) is 0 Å². The molecule has 1 atom stereocenters. The summed E-state index contributed by atoms with van der Waals surface area (Å²) in [5.74, 6) is -0.441. The van der Waals surface area contributed by atoms with Gasteiger partial charge in [0.25, 0.3) is 0 Å². The Balaban J connectivity index is 1.87. The van der Waals surface area contributed by atoms with Crippen molar-refractivity contribution in [1.29, 1.82) is 0 Å². The van der Waals surface area contributed by atoms with E-state index in [4.69, 9.17) is 4.74 Å². The Bertz CT molecular complexity index is 405. The molecule has 0 N–H and O–H groups in total. The van der Waals surface area contributed by atoms with Gasteiger partial charge < -0.3 is 4.74 Å². The van der Waals surface area contributed by atoms with Gasteiger partial charge in [-0.1, -0.05) is 22.0 Å². The number of hydrogen-bond donors (Lipinski definition) is 0. The lowest BCUT2D eigenvalue weighted by Gasteiger charge is -2.36. The molecule has 1 saturated carbocycles. The summed E-state index contributed by atoms with van der Waals surface area (Å²) in [6.07, 6.45) is 3.32. The van der Waals surface area contributed by atoms with Crippen LogP contribution in [0.2, 0.25) is 0 Å². The zero-order chi connectivity index (χ0) is 13.1. The summed E-state index contributed by atoms with van der Waals surface area (Å²) < 4.78 is 31.9. The second-order valence-corrected chi connectivity index (χ2v) is 5.89. The highest BCUT2D eigenvalue weighted by Crippen LogP contribution is 2.40. The fourth-order valence-electron chi connectivity index (χ4n) is 2.41. The van der Waals surface area contributed by atoms with Crippen LogP contribution in [-0.2, 0) is 4.74 Å². The summed E-state index contributed by atoms with van der Waals surface area (Å²) in [5, 5.41) is 0. The van der Waals surface area contributed by atoms with E-state index in [-0.39, 0.29) is 4.83 Å². The summed E-state index contributed by atoms with van der Waals surface area (Å²) in [7, 11) is 0. The number of hydrogen-bond acceptors (Lipinski definition) is 1. The predicted molar refractivity (Wildman–Crippen MR) is 70.8 cm³/mol. The van der Waals surface area contributed by atoms with Crippen molar-refractivity contribution in [2.24, 2.45) is 5.92 Å². The quantitative estimate of drug-likeness (QED) is 0.720.